The van der Waals surface area contributed by atoms with Gasteiger partial charge in [0.15, 0.2) is 0 Å². The SMILES string of the molecule is CC(C)n1cncc1C(O)Cc1ccc(Cl)cc1F. The summed E-state index contributed by atoms with van der Waals surface area (Å²) in [7, 11) is 0. The molecule has 1 aromatic carbocycles. The predicted octanol–water partition coefficient (Wildman–Crippen LogP) is 3.53. The van der Waals surface area contributed by atoms with Gasteiger partial charge >= 0.3 is 0 Å². The van der Waals surface area contributed by atoms with Crippen LogP contribution in [0.1, 0.15) is 37.3 Å². The fourth-order valence-electron chi connectivity index (χ4n) is 2.00. The van der Waals surface area contributed by atoms with Gasteiger partial charge in [0, 0.05) is 17.5 Å². The highest BCUT2D eigenvalue weighted by Crippen LogP contribution is 2.23. The van der Waals surface area contributed by atoms with E-state index >= 15 is 0 Å². The van der Waals surface area contributed by atoms with Gasteiger partial charge in [-0.1, -0.05) is 17.7 Å². The molecule has 19 heavy (non-hydrogen) atoms. The lowest BCUT2D eigenvalue weighted by molar-refractivity contribution is 0.166. The molecule has 1 heterocycles. The Morgan fingerprint density at radius 3 is 2.79 bits per heavy atom. The minimum atomic E-state index is -0.791. The van der Waals surface area contributed by atoms with Gasteiger partial charge in [-0.15, -0.1) is 0 Å². The van der Waals surface area contributed by atoms with Crippen molar-refractivity contribution in [3.8, 4) is 0 Å². The maximum absolute atomic E-state index is 13.7. The maximum Gasteiger partial charge on any atom is 0.127 e. The molecule has 1 unspecified atom stereocenters. The molecular weight excluding hydrogens is 267 g/mol. The molecule has 0 spiro atoms. The molecule has 1 atom stereocenters. The summed E-state index contributed by atoms with van der Waals surface area (Å²) < 4.78 is 15.6. The molecule has 0 aliphatic carbocycles. The summed E-state index contributed by atoms with van der Waals surface area (Å²) in [4.78, 5) is 4.03. The second kappa shape index (κ2) is 5.72. The predicted molar refractivity (Wildman–Crippen MR) is 72.7 cm³/mol. The van der Waals surface area contributed by atoms with Crippen LogP contribution in [0.4, 0.5) is 4.39 Å². The molecule has 0 radical (unpaired) electrons. The Morgan fingerprint density at radius 1 is 1.42 bits per heavy atom. The Bertz CT molecular complexity index is 568. The van der Waals surface area contributed by atoms with Crippen molar-refractivity contribution in [3.63, 3.8) is 0 Å². The number of nitrogens with zero attached hydrogens (tertiary/aromatic N) is 2. The van der Waals surface area contributed by atoms with E-state index in [9.17, 15) is 9.50 Å². The number of aromatic nitrogens is 2. The van der Waals surface area contributed by atoms with Crippen LogP contribution in [0.5, 0.6) is 0 Å². The molecular formula is C14H16ClFN2O. The average Bonchev–Trinajstić information content (AvgIpc) is 2.82. The summed E-state index contributed by atoms with van der Waals surface area (Å²) in [5.74, 6) is -0.401. The van der Waals surface area contributed by atoms with Crippen molar-refractivity contribution >= 4 is 11.6 Å². The van der Waals surface area contributed by atoms with Gasteiger partial charge in [-0.2, -0.15) is 0 Å². The van der Waals surface area contributed by atoms with Gasteiger partial charge < -0.3 is 9.67 Å². The van der Waals surface area contributed by atoms with Crippen molar-refractivity contribution < 1.29 is 9.50 Å². The van der Waals surface area contributed by atoms with E-state index in [0.29, 0.717) is 16.3 Å². The Kier molecular flexibility index (Phi) is 4.22. The fourth-order valence-corrected chi connectivity index (χ4v) is 2.16. The van der Waals surface area contributed by atoms with Gasteiger partial charge in [0.05, 0.1) is 24.3 Å². The highest BCUT2D eigenvalue weighted by molar-refractivity contribution is 6.30. The van der Waals surface area contributed by atoms with Crippen LogP contribution in [-0.4, -0.2) is 14.7 Å². The van der Waals surface area contributed by atoms with Gasteiger partial charge in [-0.3, -0.25) is 0 Å². The molecule has 3 nitrogen and oxygen atoms in total. The molecule has 2 rings (SSSR count). The first kappa shape index (κ1) is 14.0. The monoisotopic (exact) mass is 282 g/mol. The van der Waals surface area contributed by atoms with Crippen LogP contribution in [0.15, 0.2) is 30.7 Å². The van der Waals surface area contributed by atoms with Gasteiger partial charge in [0.25, 0.3) is 0 Å². The van der Waals surface area contributed by atoms with Crippen molar-refractivity contribution in [1.82, 2.24) is 9.55 Å². The normalized spacial score (nSPS) is 12.9. The second-order valence-corrected chi connectivity index (χ2v) is 5.21. The van der Waals surface area contributed by atoms with Crippen molar-refractivity contribution in [2.24, 2.45) is 0 Å². The molecule has 0 saturated carbocycles. The number of rotatable bonds is 4. The number of hydrogen-bond donors (Lipinski definition) is 1. The molecule has 1 N–H and O–H groups in total. The van der Waals surface area contributed by atoms with Crippen molar-refractivity contribution in [3.05, 3.63) is 52.8 Å². The summed E-state index contributed by atoms with van der Waals surface area (Å²) in [6, 6.07) is 4.66. The number of aliphatic hydroxyl groups excluding tert-OH is 1. The smallest absolute Gasteiger partial charge is 0.127 e. The zero-order valence-corrected chi connectivity index (χ0v) is 11.6. The average molecular weight is 283 g/mol. The van der Waals surface area contributed by atoms with Gasteiger partial charge in [-0.05, 0) is 31.5 Å². The number of hydrogen-bond acceptors (Lipinski definition) is 2. The number of aliphatic hydroxyl groups is 1. The van der Waals surface area contributed by atoms with Gasteiger partial charge in [0.2, 0.25) is 0 Å². The van der Waals surface area contributed by atoms with Crippen molar-refractivity contribution in [1.29, 1.82) is 0 Å². The van der Waals surface area contributed by atoms with Crippen LogP contribution in [0, 0.1) is 5.82 Å². The fraction of sp³-hybridized carbons (Fsp3) is 0.357. The van der Waals surface area contributed by atoms with Crippen molar-refractivity contribution in [2.75, 3.05) is 0 Å². The number of benzene rings is 1. The lowest BCUT2D eigenvalue weighted by Crippen LogP contribution is -2.11. The Balaban J connectivity index is 2.21. The maximum atomic E-state index is 13.7. The first-order chi connectivity index (χ1) is 8.99. The summed E-state index contributed by atoms with van der Waals surface area (Å²) >= 11 is 5.70. The first-order valence-electron chi connectivity index (χ1n) is 6.12. The van der Waals surface area contributed by atoms with E-state index in [-0.39, 0.29) is 12.5 Å². The van der Waals surface area contributed by atoms with Crippen molar-refractivity contribution in [2.45, 2.75) is 32.4 Å². The first-order valence-corrected chi connectivity index (χ1v) is 6.50. The standard InChI is InChI=1S/C14H16ClFN2O/c1-9(2)18-8-17-7-13(18)14(19)5-10-3-4-11(15)6-12(10)16/h3-4,6-9,14,19H,5H2,1-2H3. The van der Waals surface area contributed by atoms with Crippen LogP contribution in [0.3, 0.4) is 0 Å². The molecule has 0 bridgehead atoms. The van der Waals surface area contributed by atoms with E-state index in [4.69, 9.17) is 11.6 Å². The molecule has 2 aromatic rings. The molecule has 0 aliphatic rings. The molecule has 0 fully saturated rings. The quantitative estimate of drug-likeness (QED) is 0.931. The molecule has 102 valence electrons. The molecule has 0 amide bonds. The van der Waals surface area contributed by atoms with Gasteiger partial charge in [0.1, 0.15) is 5.82 Å². The Morgan fingerprint density at radius 2 is 2.16 bits per heavy atom. The van der Waals surface area contributed by atoms with Gasteiger partial charge in [-0.25, -0.2) is 9.37 Å². The minimum absolute atomic E-state index is 0.196. The third-order valence-corrected chi connectivity index (χ3v) is 3.26. The van der Waals surface area contributed by atoms with Crippen LogP contribution in [0.2, 0.25) is 5.02 Å². The number of imidazole rings is 1. The molecule has 0 saturated heterocycles. The summed E-state index contributed by atoms with van der Waals surface area (Å²) in [5.41, 5.74) is 1.12. The van der Waals surface area contributed by atoms with E-state index in [1.807, 2.05) is 18.4 Å². The topological polar surface area (TPSA) is 38.0 Å². The van der Waals surface area contributed by atoms with E-state index < -0.39 is 11.9 Å². The largest absolute Gasteiger partial charge is 0.386 e. The van der Waals surface area contributed by atoms with E-state index in [1.54, 1.807) is 24.7 Å². The van der Waals surface area contributed by atoms with Crippen LogP contribution < -0.4 is 0 Å². The third-order valence-electron chi connectivity index (χ3n) is 3.02. The minimum Gasteiger partial charge on any atom is -0.386 e. The number of halogens is 2. The molecule has 5 heteroatoms. The van der Waals surface area contributed by atoms with E-state index in [0.717, 1.165) is 0 Å². The highest BCUT2D eigenvalue weighted by Gasteiger charge is 2.17. The van der Waals surface area contributed by atoms with E-state index in [1.165, 1.54) is 6.07 Å². The molecule has 0 aliphatic heterocycles. The highest BCUT2D eigenvalue weighted by atomic mass is 35.5. The van der Waals surface area contributed by atoms with E-state index in [2.05, 4.69) is 4.98 Å². The lowest BCUT2D eigenvalue weighted by Gasteiger charge is -2.16. The summed E-state index contributed by atoms with van der Waals surface area (Å²) in [5, 5.41) is 10.6. The Hall–Kier alpha value is -1.39. The molecule has 1 aromatic heterocycles. The van der Waals surface area contributed by atoms with Crippen LogP contribution >= 0.6 is 11.6 Å². The van der Waals surface area contributed by atoms with Crippen LogP contribution in [-0.2, 0) is 6.42 Å². The zero-order valence-electron chi connectivity index (χ0n) is 10.8. The zero-order chi connectivity index (χ0) is 14.0. The second-order valence-electron chi connectivity index (χ2n) is 4.78. The summed E-state index contributed by atoms with van der Waals surface area (Å²) in [6.07, 6.45) is 2.68. The Labute approximate surface area is 116 Å². The summed E-state index contributed by atoms with van der Waals surface area (Å²) in [6.45, 7) is 4.00. The lowest BCUT2D eigenvalue weighted by atomic mass is 10.1. The third kappa shape index (κ3) is 3.14. The van der Waals surface area contributed by atoms with Crippen LogP contribution in [0.25, 0.3) is 0 Å².